The fraction of sp³-hybridized carbons (Fsp3) is 0.273. The van der Waals surface area contributed by atoms with E-state index in [4.69, 9.17) is 11.6 Å². The lowest BCUT2D eigenvalue weighted by molar-refractivity contribution is 0.211. The molecule has 3 heterocycles. The van der Waals surface area contributed by atoms with Crippen LogP contribution in [0.15, 0.2) is 54.9 Å². The molecule has 4 aromatic rings. The molecule has 0 unspecified atom stereocenters. The standard InChI is InChI=1S/C22H22ClN5OS/c1-15-5-7-16(8-6-15)19(20-21(29)28-22(30-20)24-14-25-28)27-11-9-26(10-12-27)18-4-2-3-17(23)13-18/h2-8,13-14,19,29H,9-12H2,1H3/t19-/m1/s1. The maximum atomic E-state index is 10.9. The summed E-state index contributed by atoms with van der Waals surface area (Å²) in [6.45, 7) is 5.62. The number of anilines is 1. The number of halogens is 1. The van der Waals surface area contributed by atoms with Crippen LogP contribution in [-0.4, -0.2) is 50.8 Å². The van der Waals surface area contributed by atoms with Gasteiger partial charge >= 0.3 is 0 Å². The number of rotatable bonds is 4. The second-order valence-corrected chi connectivity index (χ2v) is 9.01. The third-order valence-electron chi connectivity index (χ3n) is 5.63. The number of aromatic nitrogens is 3. The van der Waals surface area contributed by atoms with Crippen LogP contribution in [0.1, 0.15) is 22.0 Å². The van der Waals surface area contributed by atoms with Crippen molar-refractivity contribution in [1.29, 1.82) is 0 Å². The Morgan fingerprint density at radius 2 is 1.83 bits per heavy atom. The van der Waals surface area contributed by atoms with E-state index in [-0.39, 0.29) is 11.9 Å². The third-order valence-corrected chi connectivity index (χ3v) is 6.95. The predicted molar refractivity (Wildman–Crippen MR) is 121 cm³/mol. The Balaban J connectivity index is 1.46. The van der Waals surface area contributed by atoms with Crippen molar-refractivity contribution in [3.05, 3.63) is 75.9 Å². The summed E-state index contributed by atoms with van der Waals surface area (Å²) >= 11 is 7.68. The molecule has 5 rings (SSSR count). The SMILES string of the molecule is Cc1ccc([C@H](c2sc3ncnn3c2O)N2CCN(c3cccc(Cl)c3)CC2)cc1. The highest BCUT2D eigenvalue weighted by Crippen LogP contribution is 2.40. The van der Waals surface area contributed by atoms with E-state index in [0.29, 0.717) is 4.96 Å². The number of aryl methyl sites for hydroxylation is 1. The summed E-state index contributed by atoms with van der Waals surface area (Å²) < 4.78 is 1.52. The van der Waals surface area contributed by atoms with Gasteiger partial charge in [-0.2, -0.15) is 9.61 Å². The van der Waals surface area contributed by atoms with Gasteiger partial charge in [0.15, 0.2) is 0 Å². The minimum absolute atomic E-state index is 0.0411. The Kier molecular flexibility index (Phi) is 5.10. The number of fused-ring (bicyclic) bond motifs is 1. The normalized spacial score (nSPS) is 16.3. The molecule has 154 valence electrons. The van der Waals surface area contributed by atoms with Crippen molar-refractivity contribution in [2.24, 2.45) is 0 Å². The lowest BCUT2D eigenvalue weighted by Crippen LogP contribution is -2.47. The Bertz CT molecular complexity index is 1160. The number of hydrogen-bond donors (Lipinski definition) is 1. The molecule has 0 radical (unpaired) electrons. The number of hydrogen-bond acceptors (Lipinski definition) is 6. The summed E-state index contributed by atoms with van der Waals surface area (Å²) in [4.78, 5) is 10.6. The molecule has 0 bridgehead atoms. The van der Waals surface area contributed by atoms with Crippen LogP contribution in [-0.2, 0) is 0 Å². The van der Waals surface area contributed by atoms with E-state index in [2.05, 4.69) is 57.1 Å². The summed E-state index contributed by atoms with van der Waals surface area (Å²) in [5.41, 5.74) is 3.53. The molecule has 2 aromatic carbocycles. The quantitative estimate of drug-likeness (QED) is 0.511. The summed E-state index contributed by atoms with van der Waals surface area (Å²) in [6, 6.07) is 16.5. The topological polar surface area (TPSA) is 56.9 Å². The Morgan fingerprint density at radius 1 is 1.07 bits per heavy atom. The minimum Gasteiger partial charge on any atom is -0.492 e. The van der Waals surface area contributed by atoms with Crippen molar-refractivity contribution in [1.82, 2.24) is 19.5 Å². The third kappa shape index (κ3) is 3.53. The zero-order chi connectivity index (χ0) is 20.7. The molecule has 1 saturated heterocycles. The van der Waals surface area contributed by atoms with Gasteiger partial charge in [-0.15, -0.1) is 0 Å². The Hall–Kier alpha value is -2.61. The second kappa shape index (κ2) is 7.91. The first-order valence-electron chi connectivity index (χ1n) is 9.92. The monoisotopic (exact) mass is 439 g/mol. The molecule has 2 aromatic heterocycles. The molecule has 1 fully saturated rings. The van der Waals surface area contributed by atoms with E-state index in [1.807, 2.05) is 18.2 Å². The second-order valence-electron chi connectivity index (χ2n) is 7.56. The molecular formula is C22H22ClN5OS. The van der Waals surface area contributed by atoms with Gasteiger partial charge < -0.3 is 10.0 Å². The van der Waals surface area contributed by atoms with Crippen LogP contribution in [0, 0.1) is 6.92 Å². The van der Waals surface area contributed by atoms with Gasteiger partial charge in [0.25, 0.3) is 0 Å². The van der Waals surface area contributed by atoms with Crippen LogP contribution >= 0.6 is 22.9 Å². The first-order chi connectivity index (χ1) is 14.6. The first-order valence-corrected chi connectivity index (χ1v) is 11.1. The van der Waals surface area contributed by atoms with E-state index in [0.717, 1.165) is 47.3 Å². The predicted octanol–water partition coefficient (Wildman–Crippen LogP) is 4.37. The average molecular weight is 440 g/mol. The molecule has 8 heteroatoms. The van der Waals surface area contributed by atoms with Gasteiger partial charge in [0.1, 0.15) is 6.33 Å². The summed E-state index contributed by atoms with van der Waals surface area (Å²) in [7, 11) is 0. The molecule has 0 aliphatic carbocycles. The summed E-state index contributed by atoms with van der Waals surface area (Å²) in [5.74, 6) is 0.176. The molecule has 6 nitrogen and oxygen atoms in total. The van der Waals surface area contributed by atoms with Crippen LogP contribution in [0.2, 0.25) is 5.02 Å². The molecule has 30 heavy (non-hydrogen) atoms. The fourth-order valence-corrected chi connectivity index (χ4v) is 5.34. The lowest BCUT2D eigenvalue weighted by atomic mass is 10.0. The van der Waals surface area contributed by atoms with Gasteiger partial charge in [-0.05, 0) is 30.7 Å². The van der Waals surface area contributed by atoms with Crippen molar-refractivity contribution in [2.45, 2.75) is 13.0 Å². The zero-order valence-electron chi connectivity index (χ0n) is 16.6. The van der Waals surface area contributed by atoms with E-state index in [9.17, 15) is 5.11 Å². The Morgan fingerprint density at radius 3 is 2.53 bits per heavy atom. The highest BCUT2D eigenvalue weighted by atomic mass is 35.5. The number of aromatic hydroxyl groups is 1. The summed E-state index contributed by atoms with van der Waals surface area (Å²) in [6.07, 6.45) is 1.47. The first kappa shape index (κ1) is 19.4. The van der Waals surface area contributed by atoms with Gasteiger partial charge in [0.05, 0.1) is 10.9 Å². The molecule has 0 saturated carbocycles. The number of benzene rings is 2. The maximum Gasteiger partial charge on any atom is 0.230 e. The van der Waals surface area contributed by atoms with Gasteiger partial charge in [-0.1, -0.05) is 58.8 Å². The van der Waals surface area contributed by atoms with Crippen molar-refractivity contribution in [3.8, 4) is 5.88 Å². The maximum absolute atomic E-state index is 10.9. The lowest BCUT2D eigenvalue weighted by Gasteiger charge is -2.40. The van der Waals surface area contributed by atoms with Gasteiger partial charge in [0.2, 0.25) is 10.8 Å². The Labute approximate surface area is 184 Å². The van der Waals surface area contributed by atoms with Gasteiger partial charge in [-0.3, -0.25) is 4.90 Å². The highest BCUT2D eigenvalue weighted by Gasteiger charge is 2.31. The molecule has 1 aliphatic rings. The van der Waals surface area contributed by atoms with E-state index in [1.165, 1.54) is 27.7 Å². The van der Waals surface area contributed by atoms with E-state index >= 15 is 0 Å². The average Bonchev–Trinajstić information content (AvgIpc) is 3.34. The molecule has 0 amide bonds. The smallest absolute Gasteiger partial charge is 0.230 e. The highest BCUT2D eigenvalue weighted by molar-refractivity contribution is 7.17. The van der Waals surface area contributed by atoms with Gasteiger partial charge in [-0.25, -0.2) is 4.98 Å². The number of nitrogens with zero attached hydrogens (tertiary/aromatic N) is 5. The van der Waals surface area contributed by atoms with Crippen LogP contribution in [0.3, 0.4) is 0 Å². The largest absolute Gasteiger partial charge is 0.492 e. The fourth-order valence-electron chi connectivity index (χ4n) is 4.06. The van der Waals surface area contributed by atoms with Crippen LogP contribution in [0.4, 0.5) is 5.69 Å². The minimum atomic E-state index is -0.0411. The molecule has 0 spiro atoms. The molecular weight excluding hydrogens is 418 g/mol. The van der Waals surface area contributed by atoms with E-state index < -0.39 is 0 Å². The molecule has 1 atom stereocenters. The van der Waals surface area contributed by atoms with Gasteiger partial charge in [0, 0.05) is 36.9 Å². The van der Waals surface area contributed by atoms with Crippen molar-refractivity contribution in [3.63, 3.8) is 0 Å². The van der Waals surface area contributed by atoms with E-state index in [1.54, 1.807) is 0 Å². The molecule has 1 aliphatic heterocycles. The zero-order valence-corrected chi connectivity index (χ0v) is 18.1. The number of thiazole rings is 1. The van der Waals surface area contributed by atoms with Crippen molar-refractivity contribution >= 4 is 33.6 Å². The van der Waals surface area contributed by atoms with Crippen LogP contribution < -0.4 is 4.90 Å². The van der Waals surface area contributed by atoms with Crippen LogP contribution in [0.25, 0.3) is 4.96 Å². The molecule has 1 N–H and O–H groups in total. The summed E-state index contributed by atoms with van der Waals surface area (Å²) in [5, 5.41) is 15.8. The van der Waals surface area contributed by atoms with Crippen molar-refractivity contribution in [2.75, 3.05) is 31.1 Å². The number of piperazine rings is 1. The van der Waals surface area contributed by atoms with Crippen LogP contribution in [0.5, 0.6) is 5.88 Å². The van der Waals surface area contributed by atoms with Crippen molar-refractivity contribution < 1.29 is 5.11 Å².